The summed E-state index contributed by atoms with van der Waals surface area (Å²) in [7, 11) is 0. The number of aromatic nitrogens is 1. The van der Waals surface area contributed by atoms with Gasteiger partial charge in [0.1, 0.15) is 16.7 Å². The molecule has 0 aliphatic heterocycles. The molecule has 0 bridgehead atoms. The Labute approximate surface area is 113 Å². The van der Waals surface area contributed by atoms with Crippen LogP contribution in [0.1, 0.15) is 28.5 Å². The van der Waals surface area contributed by atoms with E-state index in [2.05, 4.69) is 4.98 Å². The van der Waals surface area contributed by atoms with E-state index >= 15 is 0 Å². The highest BCUT2D eigenvalue weighted by Gasteiger charge is 2.32. The first-order chi connectivity index (χ1) is 9.08. The van der Waals surface area contributed by atoms with Crippen LogP contribution in [0.15, 0.2) is 18.2 Å². The number of aryl methyl sites for hydroxylation is 2. The minimum absolute atomic E-state index is 0.276. The van der Waals surface area contributed by atoms with Gasteiger partial charge < -0.3 is 5.11 Å². The first-order valence-corrected chi connectivity index (χ1v) is 6.87. The molecule has 0 spiro atoms. The molecule has 0 radical (unpaired) electrons. The van der Waals surface area contributed by atoms with Gasteiger partial charge in [0.05, 0.1) is 5.69 Å². The van der Waals surface area contributed by atoms with Gasteiger partial charge in [-0.3, -0.25) is 4.79 Å². The molecule has 1 unspecified atom stereocenters. The third kappa shape index (κ3) is 1.94. The highest BCUT2D eigenvalue weighted by molar-refractivity contribution is 7.15. The summed E-state index contributed by atoms with van der Waals surface area (Å²) in [4.78, 5) is 16.5. The Morgan fingerprint density at radius 3 is 3.05 bits per heavy atom. The number of halogens is 1. The Bertz CT molecular complexity index is 665. The number of thiazole rings is 1. The van der Waals surface area contributed by atoms with Crippen LogP contribution in [0.2, 0.25) is 0 Å². The highest BCUT2D eigenvalue weighted by Crippen LogP contribution is 2.40. The molecule has 1 heterocycles. The van der Waals surface area contributed by atoms with Crippen molar-refractivity contribution in [2.24, 2.45) is 0 Å². The third-order valence-corrected chi connectivity index (χ3v) is 4.60. The van der Waals surface area contributed by atoms with Crippen molar-refractivity contribution in [3.05, 3.63) is 40.2 Å². The van der Waals surface area contributed by atoms with Crippen LogP contribution < -0.4 is 0 Å². The van der Waals surface area contributed by atoms with Gasteiger partial charge in [0.25, 0.3) is 0 Å². The minimum Gasteiger partial charge on any atom is -0.481 e. The molecule has 2 aromatic rings. The highest BCUT2D eigenvalue weighted by atomic mass is 32.1. The van der Waals surface area contributed by atoms with Gasteiger partial charge in [-0.1, -0.05) is 12.1 Å². The molecule has 1 aliphatic rings. The average molecular weight is 277 g/mol. The van der Waals surface area contributed by atoms with E-state index in [-0.39, 0.29) is 5.82 Å². The predicted octanol–water partition coefficient (Wildman–Crippen LogP) is 3.37. The number of carboxylic acids is 1. The molecule has 1 aromatic carbocycles. The van der Waals surface area contributed by atoms with Crippen molar-refractivity contribution >= 4 is 17.3 Å². The van der Waals surface area contributed by atoms with E-state index < -0.39 is 11.9 Å². The molecule has 0 saturated carbocycles. The van der Waals surface area contributed by atoms with Gasteiger partial charge in [0, 0.05) is 10.4 Å². The standard InChI is InChI=1S/C14H12FNO2S/c1-7-3-2-4-8(11(7)15)13-16-12-9(14(17)18)5-6-10(12)19-13/h2-4,9H,5-6H2,1H3,(H,17,18). The number of carboxylic acid groups (broad SMARTS) is 1. The molecule has 1 N–H and O–H groups in total. The summed E-state index contributed by atoms with van der Waals surface area (Å²) >= 11 is 1.40. The first kappa shape index (κ1) is 12.3. The number of carbonyl (C=O) groups is 1. The van der Waals surface area contributed by atoms with Crippen molar-refractivity contribution in [1.82, 2.24) is 4.98 Å². The fraction of sp³-hybridized carbons (Fsp3) is 0.286. The molecule has 0 amide bonds. The maximum Gasteiger partial charge on any atom is 0.312 e. The topological polar surface area (TPSA) is 50.2 Å². The van der Waals surface area contributed by atoms with Crippen molar-refractivity contribution in [1.29, 1.82) is 0 Å². The molecule has 3 nitrogen and oxygen atoms in total. The Morgan fingerprint density at radius 1 is 1.53 bits per heavy atom. The van der Waals surface area contributed by atoms with Crippen molar-refractivity contribution in [2.45, 2.75) is 25.7 Å². The first-order valence-electron chi connectivity index (χ1n) is 6.06. The monoisotopic (exact) mass is 277 g/mol. The summed E-state index contributed by atoms with van der Waals surface area (Å²) in [6.45, 7) is 1.71. The maximum absolute atomic E-state index is 14.1. The van der Waals surface area contributed by atoms with Gasteiger partial charge in [-0.05, 0) is 31.4 Å². The van der Waals surface area contributed by atoms with Crippen LogP contribution in [0.4, 0.5) is 4.39 Å². The largest absolute Gasteiger partial charge is 0.481 e. The Hall–Kier alpha value is -1.75. The van der Waals surface area contributed by atoms with Gasteiger partial charge in [0.2, 0.25) is 0 Å². The van der Waals surface area contributed by atoms with E-state index in [0.717, 1.165) is 11.3 Å². The molecule has 1 atom stereocenters. The van der Waals surface area contributed by atoms with Gasteiger partial charge >= 0.3 is 5.97 Å². The number of nitrogens with zero attached hydrogens (tertiary/aromatic N) is 1. The van der Waals surface area contributed by atoms with Crippen LogP contribution in [0.3, 0.4) is 0 Å². The van der Waals surface area contributed by atoms with Crippen LogP contribution in [-0.4, -0.2) is 16.1 Å². The van der Waals surface area contributed by atoms with E-state index in [1.54, 1.807) is 25.1 Å². The van der Waals surface area contributed by atoms with Crippen LogP contribution in [0.25, 0.3) is 10.6 Å². The zero-order chi connectivity index (χ0) is 13.6. The van der Waals surface area contributed by atoms with Gasteiger partial charge in [-0.2, -0.15) is 0 Å². The molecular weight excluding hydrogens is 265 g/mol. The number of hydrogen-bond donors (Lipinski definition) is 1. The fourth-order valence-electron chi connectivity index (χ4n) is 2.40. The lowest BCUT2D eigenvalue weighted by atomic mass is 10.1. The molecule has 98 valence electrons. The van der Waals surface area contributed by atoms with E-state index in [1.807, 2.05) is 0 Å². The minimum atomic E-state index is -0.847. The van der Waals surface area contributed by atoms with Crippen LogP contribution in [0, 0.1) is 12.7 Å². The van der Waals surface area contributed by atoms with E-state index in [0.29, 0.717) is 28.2 Å². The lowest BCUT2D eigenvalue weighted by Gasteiger charge is -2.03. The van der Waals surface area contributed by atoms with E-state index in [9.17, 15) is 9.18 Å². The summed E-state index contributed by atoms with van der Waals surface area (Å²) in [5, 5.41) is 9.71. The summed E-state index contributed by atoms with van der Waals surface area (Å²) < 4.78 is 14.1. The molecule has 0 saturated heterocycles. The molecule has 5 heteroatoms. The van der Waals surface area contributed by atoms with Gasteiger partial charge in [-0.15, -0.1) is 11.3 Å². The summed E-state index contributed by atoms with van der Waals surface area (Å²) in [5.74, 6) is -1.66. The van der Waals surface area contributed by atoms with Crippen molar-refractivity contribution in [2.75, 3.05) is 0 Å². The molecule has 1 aliphatic carbocycles. The second-order valence-corrected chi connectivity index (χ2v) is 5.78. The van der Waals surface area contributed by atoms with Crippen LogP contribution in [-0.2, 0) is 11.2 Å². The number of aliphatic carboxylic acids is 1. The number of rotatable bonds is 2. The molecule has 1 aromatic heterocycles. The van der Waals surface area contributed by atoms with Crippen molar-refractivity contribution in [3.8, 4) is 10.6 Å². The Balaban J connectivity index is 2.07. The number of fused-ring (bicyclic) bond motifs is 1. The van der Waals surface area contributed by atoms with Crippen LogP contribution in [0.5, 0.6) is 0 Å². The van der Waals surface area contributed by atoms with Gasteiger partial charge in [0.15, 0.2) is 0 Å². The SMILES string of the molecule is Cc1cccc(-c2nc3c(s2)CCC3C(=O)O)c1F. The zero-order valence-corrected chi connectivity index (χ0v) is 11.1. The van der Waals surface area contributed by atoms with E-state index in [1.165, 1.54) is 11.3 Å². The summed E-state index contributed by atoms with van der Waals surface area (Å²) in [6, 6.07) is 5.18. The van der Waals surface area contributed by atoms with Crippen molar-refractivity contribution < 1.29 is 14.3 Å². The quantitative estimate of drug-likeness (QED) is 0.915. The smallest absolute Gasteiger partial charge is 0.312 e. The second kappa shape index (κ2) is 4.42. The Kier molecular flexibility index (Phi) is 2.86. The fourth-order valence-corrected chi connectivity index (χ4v) is 3.55. The summed E-state index contributed by atoms with van der Waals surface area (Å²) in [6.07, 6.45) is 1.32. The lowest BCUT2D eigenvalue weighted by Crippen LogP contribution is -2.08. The second-order valence-electron chi connectivity index (χ2n) is 4.69. The zero-order valence-electron chi connectivity index (χ0n) is 10.3. The Morgan fingerprint density at radius 2 is 2.32 bits per heavy atom. The van der Waals surface area contributed by atoms with Gasteiger partial charge in [-0.25, -0.2) is 9.37 Å². The molecule has 3 rings (SSSR count). The van der Waals surface area contributed by atoms with Crippen molar-refractivity contribution in [3.63, 3.8) is 0 Å². The normalized spacial score (nSPS) is 17.5. The third-order valence-electron chi connectivity index (χ3n) is 3.44. The predicted molar refractivity (Wildman–Crippen MR) is 70.9 cm³/mol. The summed E-state index contributed by atoms with van der Waals surface area (Å²) in [5.41, 5.74) is 1.65. The number of hydrogen-bond acceptors (Lipinski definition) is 3. The van der Waals surface area contributed by atoms with Crippen LogP contribution >= 0.6 is 11.3 Å². The van der Waals surface area contributed by atoms with E-state index in [4.69, 9.17) is 5.11 Å². The average Bonchev–Trinajstić information content (AvgIpc) is 2.91. The molecule has 0 fully saturated rings. The molecule has 19 heavy (non-hydrogen) atoms. The lowest BCUT2D eigenvalue weighted by molar-refractivity contribution is -0.138. The number of benzene rings is 1. The maximum atomic E-state index is 14.1. The molecular formula is C14H12FNO2S.